The summed E-state index contributed by atoms with van der Waals surface area (Å²) in [6, 6.07) is 20.7. The van der Waals surface area contributed by atoms with Crippen molar-refractivity contribution in [3.05, 3.63) is 106 Å². The topological polar surface area (TPSA) is 93.2 Å². The molecule has 0 spiro atoms. The molecule has 0 aliphatic heterocycles. The molecule has 4 aromatic rings. The summed E-state index contributed by atoms with van der Waals surface area (Å²) in [5, 5.41) is 7.97. The molecular formula is C30H28ClN5O2. The molecule has 7 nitrogen and oxygen atoms in total. The van der Waals surface area contributed by atoms with E-state index in [-0.39, 0.29) is 11.6 Å². The summed E-state index contributed by atoms with van der Waals surface area (Å²) in [6.45, 7) is 0.850. The molecule has 3 N–H and O–H groups in total. The van der Waals surface area contributed by atoms with E-state index in [1.807, 2.05) is 56.6 Å². The monoisotopic (exact) mass is 525 g/mol. The smallest absolute Gasteiger partial charge is 0.269 e. The summed E-state index contributed by atoms with van der Waals surface area (Å²) in [6.07, 6.45) is 5.56. The number of halogens is 1. The van der Waals surface area contributed by atoms with Crippen LogP contribution in [-0.2, 0) is 12.8 Å². The molecular weight excluding hydrogens is 498 g/mol. The van der Waals surface area contributed by atoms with Crippen LogP contribution < -0.4 is 11.1 Å². The normalized spacial score (nSPS) is 12.4. The van der Waals surface area contributed by atoms with E-state index >= 15 is 0 Å². The lowest BCUT2D eigenvalue weighted by Crippen LogP contribution is -2.15. The highest BCUT2D eigenvalue weighted by atomic mass is 35.5. The van der Waals surface area contributed by atoms with Gasteiger partial charge in [-0.05, 0) is 74.5 Å². The molecule has 0 bridgehead atoms. The van der Waals surface area contributed by atoms with Gasteiger partial charge >= 0.3 is 0 Å². The van der Waals surface area contributed by atoms with Gasteiger partial charge in [-0.25, -0.2) is 4.68 Å². The zero-order chi connectivity index (χ0) is 26.8. The molecule has 0 fully saturated rings. The van der Waals surface area contributed by atoms with E-state index in [1.54, 1.807) is 28.9 Å². The van der Waals surface area contributed by atoms with Crippen LogP contribution in [0.1, 0.15) is 37.5 Å². The van der Waals surface area contributed by atoms with Crippen molar-refractivity contribution < 1.29 is 9.59 Å². The number of nitrogens with one attached hydrogen (secondary N) is 1. The molecule has 2 amide bonds. The van der Waals surface area contributed by atoms with E-state index < -0.39 is 5.91 Å². The fraction of sp³-hybridized carbons (Fsp3) is 0.167. The zero-order valence-electron chi connectivity index (χ0n) is 21.2. The number of hydrogen-bond acceptors (Lipinski definition) is 4. The number of nitrogens with two attached hydrogens (primary N) is 1. The van der Waals surface area contributed by atoms with Crippen molar-refractivity contribution in [2.75, 3.05) is 26.0 Å². The summed E-state index contributed by atoms with van der Waals surface area (Å²) < 4.78 is 1.78. The first-order valence-electron chi connectivity index (χ1n) is 12.3. The third kappa shape index (κ3) is 5.11. The molecule has 8 heteroatoms. The predicted molar refractivity (Wildman–Crippen MR) is 152 cm³/mol. The largest absolute Gasteiger partial charge is 0.364 e. The van der Waals surface area contributed by atoms with Crippen LogP contribution in [0.15, 0.2) is 72.8 Å². The number of likely N-dealkylation sites (N-methyl/N-ethyl adjacent to an activating group) is 1. The van der Waals surface area contributed by atoms with Crippen LogP contribution in [-0.4, -0.2) is 47.1 Å². The second kappa shape index (κ2) is 10.7. The second-order valence-electron chi connectivity index (χ2n) is 9.51. The minimum atomic E-state index is -0.560. The average molecular weight is 526 g/mol. The van der Waals surface area contributed by atoms with Gasteiger partial charge in [0.15, 0.2) is 5.69 Å². The number of carbonyl (C=O) groups excluding carboxylic acids is 2. The molecule has 5 rings (SSSR count). The maximum Gasteiger partial charge on any atom is 0.269 e. The summed E-state index contributed by atoms with van der Waals surface area (Å²) in [4.78, 5) is 27.3. The Bertz CT molecular complexity index is 1550. The van der Waals surface area contributed by atoms with Crippen molar-refractivity contribution in [2.45, 2.75) is 12.8 Å². The molecule has 0 unspecified atom stereocenters. The number of nitrogens with zero attached hydrogens (tertiary/aromatic N) is 3. The molecule has 192 valence electrons. The van der Waals surface area contributed by atoms with E-state index in [2.05, 4.69) is 27.5 Å². The number of hydrogen-bond donors (Lipinski definition) is 2. The lowest BCUT2D eigenvalue weighted by molar-refractivity contribution is 0.0992. The van der Waals surface area contributed by atoms with E-state index in [4.69, 9.17) is 17.3 Å². The molecule has 0 saturated heterocycles. The zero-order valence-corrected chi connectivity index (χ0v) is 22.0. The Labute approximate surface area is 226 Å². The predicted octanol–water partition coefficient (Wildman–Crippen LogP) is 5.22. The summed E-state index contributed by atoms with van der Waals surface area (Å²) in [7, 11) is 4.05. The third-order valence-electron chi connectivity index (χ3n) is 6.52. The van der Waals surface area contributed by atoms with Gasteiger partial charge in [-0.15, -0.1) is 0 Å². The Morgan fingerprint density at radius 3 is 2.55 bits per heavy atom. The molecule has 0 atom stereocenters. The number of anilines is 1. The molecule has 0 radical (unpaired) electrons. The van der Waals surface area contributed by atoms with Crippen LogP contribution in [0.3, 0.4) is 0 Å². The van der Waals surface area contributed by atoms with Gasteiger partial charge in [0, 0.05) is 23.4 Å². The van der Waals surface area contributed by atoms with Crippen LogP contribution >= 0.6 is 11.6 Å². The first kappa shape index (κ1) is 25.4. The van der Waals surface area contributed by atoms with Crippen LogP contribution in [0.2, 0.25) is 5.02 Å². The SMILES string of the molecule is CN(C)CC=Cc1ccc(-n2nc(C(N)=O)c3c2-c2cc(NC(=O)c4ccccc4Cl)ccc2CC3)cc1. The van der Waals surface area contributed by atoms with Crippen molar-refractivity contribution in [2.24, 2.45) is 5.73 Å². The number of aromatic nitrogens is 2. The Kier molecular flexibility index (Phi) is 7.13. The van der Waals surface area contributed by atoms with Gasteiger partial charge in [0.2, 0.25) is 0 Å². The fourth-order valence-electron chi connectivity index (χ4n) is 4.67. The number of amides is 2. The summed E-state index contributed by atoms with van der Waals surface area (Å²) in [5.74, 6) is -0.856. The Balaban J connectivity index is 1.53. The minimum absolute atomic E-state index is 0.270. The van der Waals surface area contributed by atoms with Gasteiger partial charge in [0.1, 0.15) is 0 Å². The fourth-order valence-corrected chi connectivity index (χ4v) is 4.89. The van der Waals surface area contributed by atoms with Gasteiger partial charge in [-0.2, -0.15) is 5.10 Å². The number of primary amides is 1. The highest BCUT2D eigenvalue weighted by Gasteiger charge is 2.28. The highest BCUT2D eigenvalue weighted by Crippen LogP contribution is 2.38. The van der Waals surface area contributed by atoms with Crippen LogP contribution in [0.4, 0.5) is 5.69 Å². The number of benzene rings is 3. The molecule has 1 aliphatic rings. The first-order valence-corrected chi connectivity index (χ1v) is 12.7. The van der Waals surface area contributed by atoms with E-state index in [0.717, 1.165) is 46.6 Å². The van der Waals surface area contributed by atoms with Gasteiger partial charge in [-0.1, -0.05) is 54.1 Å². The van der Waals surface area contributed by atoms with Crippen molar-refractivity contribution >= 4 is 35.2 Å². The molecule has 38 heavy (non-hydrogen) atoms. The number of aryl methyl sites for hydroxylation is 1. The maximum atomic E-state index is 12.9. The van der Waals surface area contributed by atoms with E-state index in [0.29, 0.717) is 22.7 Å². The van der Waals surface area contributed by atoms with Gasteiger partial charge in [0.05, 0.1) is 22.0 Å². The van der Waals surface area contributed by atoms with Crippen LogP contribution in [0.5, 0.6) is 0 Å². The Hall–Kier alpha value is -4.20. The quantitative estimate of drug-likeness (QED) is 0.346. The molecule has 1 heterocycles. The maximum absolute atomic E-state index is 12.9. The lowest BCUT2D eigenvalue weighted by Gasteiger charge is -2.20. The number of carbonyl (C=O) groups is 2. The molecule has 0 saturated carbocycles. The van der Waals surface area contributed by atoms with Gasteiger partial charge in [0.25, 0.3) is 11.8 Å². The standard InChI is InChI=1S/C30H28ClN5O2/c1-35(2)17-5-6-19-9-14-22(15-10-19)36-28-24(27(34-36)29(32)37)16-12-20-11-13-21(18-25(20)28)33-30(38)23-7-3-4-8-26(23)31/h3-11,13-15,18H,12,16-17H2,1-2H3,(H2,32,37)(H,33,38). The Morgan fingerprint density at radius 2 is 1.84 bits per heavy atom. The van der Waals surface area contributed by atoms with Gasteiger partial charge < -0.3 is 16.0 Å². The van der Waals surface area contributed by atoms with Crippen molar-refractivity contribution in [1.82, 2.24) is 14.7 Å². The molecule has 3 aromatic carbocycles. The average Bonchev–Trinajstić information content (AvgIpc) is 3.30. The summed E-state index contributed by atoms with van der Waals surface area (Å²) >= 11 is 6.22. The van der Waals surface area contributed by atoms with E-state index in [1.165, 1.54) is 0 Å². The second-order valence-corrected chi connectivity index (χ2v) is 9.92. The number of rotatable bonds is 7. The van der Waals surface area contributed by atoms with Crippen molar-refractivity contribution in [3.8, 4) is 16.9 Å². The molecule has 1 aliphatic carbocycles. The minimum Gasteiger partial charge on any atom is -0.364 e. The van der Waals surface area contributed by atoms with Crippen molar-refractivity contribution in [3.63, 3.8) is 0 Å². The lowest BCUT2D eigenvalue weighted by atomic mass is 9.88. The summed E-state index contributed by atoms with van der Waals surface area (Å²) in [5.41, 5.74) is 12.5. The molecule has 1 aromatic heterocycles. The van der Waals surface area contributed by atoms with Crippen LogP contribution in [0, 0.1) is 0 Å². The first-order chi connectivity index (χ1) is 18.3. The van der Waals surface area contributed by atoms with Crippen molar-refractivity contribution in [1.29, 1.82) is 0 Å². The van der Waals surface area contributed by atoms with Gasteiger partial charge in [-0.3, -0.25) is 9.59 Å². The van der Waals surface area contributed by atoms with E-state index in [9.17, 15) is 9.59 Å². The highest BCUT2D eigenvalue weighted by molar-refractivity contribution is 6.34. The number of fused-ring (bicyclic) bond motifs is 3. The van der Waals surface area contributed by atoms with Crippen LogP contribution in [0.25, 0.3) is 23.0 Å². The Morgan fingerprint density at radius 1 is 1.08 bits per heavy atom. The third-order valence-corrected chi connectivity index (χ3v) is 6.85.